The first-order valence-electron chi connectivity index (χ1n) is 9.87. The molecule has 0 spiro atoms. The quantitative estimate of drug-likeness (QED) is 0.812. The molecule has 0 saturated heterocycles. The first-order valence-corrected chi connectivity index (χ1v) is 9.87. The molecule has 146 valence electrons. The fourth-order valence-corrected chi connectivity index (χ4v) is 3.60. The predicted molar refractivity (Wildman–Crippen MR) is 102 cm³/mol. The van der Waals surface area contributed by atoms with E-state index < -0.39 is 0 Å². The molecule has 5 rings (SSSR count). The van der Waals surface area contributed by atoms with E-state index in [9.17, 15) is 4.79 Å². The molecule has 2 aliphatic heterocycles. The molecule has 0 unspecified atom stereocenters. The molecule has 3 aliphatic rings. The number of hydrogen-bond donors (Lipinski definition) is 0. The normalized spacial score (nSPS) is 17.6. The van der Waals surface area contributed by atoms with Crippen molar-refractivity contribution in [1.82, 2.24) is 4.90 Å². The lowest BCUT2D eigenvalue weighted by molar-refractivity contribution is 0.0729. The van der Waals surface area contributed by atoms with Crippen LogP contribution in [0.25, 0.3) is 0 Å². The summed E-state index contributed by atoms with van der Waals surface area (Å²) in [5.74, 6) is 2.90. The molecule has 1 amide bonds. The number of amides is 1. The molecule has 0 radical (unpaired) electrons. The van der Waals surface area contributed by atoms with Gasteiger partial charge in [-0.05, 0) is 48.7 Å². The van der Waals surface area contributed by atoms with Crippen LogP contribution in [-0.4, -0.2) is 43.3 Å². The lowest BCUT2D eigenvalue weighted by Gasteiger charge is -2.24. The minimum absolute atomic E-state index is 0.0213. The summed E-state index contributed by atoms with van der Waals surface area (Å²) < 4.78 is 22.7. The van der Waals surface area contributed by atoms with Crippen LogP contribution >= 0.6 is 0 Å². The van der Waals surface area contributed by atoms with Gasteiger partial charge in [0.05, 0.1) is 13.2 Å². The van der Waals surface area contributed by atoms with Crippen molar-refractivity contribution >= 4 is 5.91 Å². The van der Waals surface area contributed by atoms with E-state index in [0.717, 1.165) is 36.3 Å². The number of carbonyl (C=O) groups is 1. The Hall–Kier alpha value is -2.89. The SMILES string of the molecule is O=C(c1ccc2c(c1)OCCCO2)N(Cc1ccc2c(c1)OCCO2)C1CC1. The van der Waals surface area contributed by atoms with E-state index in [-0.39, 0.29) is 11.9 Å². The molecule has 1 saturated carbocycles. The molecule has 1 aliphatic carbocycles. The van der Waals surface area contributed by atoms with Gasteiger partial charge in [0.1, 0.15) is 13.2 Å². The van der Waals surface area contributed by atoms with Gasteiger partial charge in [-0.25, -0.2) is 0 Å². The summed E-state index contributed by atoms with van der Waals surface area (Å²) in [5.41, 5.74) is 1.67. The zero-order valence-corrected chi connectivity index (χ0v) is 15.7. The third-order valence-corrected chi connectivity index (χ3v) is 5.20. The third kappa shape index (κ3) is 3.46. The summed E-state index contributed by atoms with van der Waals surface area (Å²) >= 11 is 0. The van der Waals surface area contributed by atoms with Crippen molar-refractivity contribution in [2.75, 3.05) is 26.4 Å². The van der Waals surface area contributed by atoms with E-state index in [1.54, 1.807) is 0 Å². The molecule has 6 nitrogen and oxygen atoms in total. The second-order valence-electron chi connectivity index (χ2n) is 7.35. The molecule has 6 heteroatoms. The Labute approximate surface area is 163 Å². The Morgan fingerprint density at radius 3 is 2.25 bits per heavy atom. The Bertz CT molecular complexity index is 892. The molecule has 2 heterocycles. The zero-order chi connectivity index (χ0) is 18.9. The summed E-state index contributed by atoms with van der Waals surface area (Å²) in [6.07, 6.45) is 2.93. The van der Waals surface area contributed by atoms with E-state index >= 15 is 0 Å². The van der Waals surface area contributed by atoms with Gasteiger partial charge in [-0.15, -0.1) is 0 Å². The summed E-state index contributed by atoms with van der Waals surface area (Å²) in [6.45, 7) is 2.92. The van der Waals surface area contributed by atoms with E-state index in [1.165, 1.54) is 0 Å². The molecule has 0 N–H and O–H groups in total. The van der Waals surface area contributed by atoms with Gasteiger partial charge in [0.25, 0.3) is 5.91 Å². The van der Waals surface area contributed by atoms with Crippen molar-refractivity contribution in [3.8, 4) is 23.0 Å². The van der Waals surface area contributed by atoms with Crippen LogP contribution in [0.1, 0.15) is 35.2 Å². The minimum atomic E-state index is 0.0213. The molecule has 2 aromatic rings. The van der Waals surface area contributed by atoms with Gasteiger partial charge in [0.2, 0.25) is 0 Å². The maximum atomic E-state index is 13.3. The van der Waals surface area contributed by atoms with Crippen molar-refractivity contribution in [1.29, 1.82) is 0 Å². The monoisotopic (exact) mass is 381 g/mol. The van der Waals surface area contributed by atoms with E-state index in [1.807, 2.05) is 41.3 Å². The molecular formula is C22H23NO5. The van der Waals surface area contributed by atoms with Gasteiger partial charge in [-0.2, -0.15) is 0 Å². The Morgan fingerprint density at radius 1 is 0.821 bits per heavy atom. The Balaban J connectivity index is 1.38. The van der Waals surface area contributed by atoms with Crippen molar-refractivity contribution in [3.05, 3.63) is 47.5 Å². The van der Waals surface area contributed by atoms with Crippen LogP contribution in [0.2, 0.25) is 0 Å². The summed E-state index contributed by atoms with van der Waals surface area (Å²) in [4.78, 5) is 15.2. The zero-order valence-electron chi connectivity index (χ0n) is 15.7. The topological polar surface area (TPSA) is 57.2 Å². The number of benzene rings is 2. The van der Waals surface area contributed by atoms with Gasteiger partial charge in [0, 0.05) is 24.6 Å². The van der Waals surface area contributed by atoms with Crippen LogP contribution in [0.15, 0.2) is 36.4 Å². The molecule has 0 aromatic heterocycles. The lowest BCUT2D eigenvalue weighted by Crippen LogP contribution is -2.32. The van der Waals surface area contributed by atoms with Crippen molar-refractivity contribution in [2.24, 2.45) is 0 Å². The highest BCUT2D eigenvalue weighted by molar-refractivity contribution is 5.95. The fourth-order valence-electron chi connectivity index (χ4n) is 3.60. The highest BCUT2D eigenvalue weighted by Gasteiger charge is 2.33. The lowest BCUT2D eigenvalue weighted by atomic mass is 10.1. The van der Waals surface area contributed by atoms with Crippen LogP contribution in [-0.2, 0) is 6.54 Å². The first-order chi connectivity index (χ1) is 13.8. The van der Waals surface area contributed by atoms with Crippen molar-refractivity contribution in [3.63, 3.8) is 0 Å². The third-order valence-electron chi connectivity index (χ3n) is 5.20. The number of fused-ring (bicyclic) bond motifs is 2. The maximum Gasteiger partial charge on any atom is 0.254 e. The second kappa shape index (κ2) is 7.26. The van der Waals surface area contributed by atoms with Gasteiger partial charge in [0.15, 0.2) is 23.0 Å². The number of carbonyl (C=O) groups excluding carboxylic acids is 1. The van der Waals surface area contributed by atoms with Gasteiger partial charge in [-0.3, -0.25) is 4.79 Å². The summed E-state index contributed by atoms with van der Waals surface area (Å²) in [5, 5.41) is 0. The standard InChI is InChI=1S/C22H23NO5/c24-22(16-3-7-19-21(13-16)26-9-1-8-25-19)23(17-4-5-17)14-15-2-6-18-20(12-15)28-11-10-27-18/h2-3,6-7,12-13,17H,1,4-5,8-11,14H2. The Morgan fingerprint density at radius 2 is 1.46 bits per heavy atom. The van der Waals surface area contributed by atoms with Crippen molar-refractivity contribution < 1.29 is 23.7 Å². The summed E-state index contributed by atoms with van der Waals surface area (Å²) in [6, 6.07) is 11.7. The van der Waals surface area contributed by atoms with Crippen LogP contribution in [0.4, 0.5) is 0 Å². The largest absolute Gasteiger partial charge is 0.490 e. The van der Waals surface area contributed by atoms with Crippen LogP contribution in [0, 0.1) is 0 Å². The number of ether oxygens (including phenoxy) is 4. The average molecular weight is 381 g/mol. The van der Waals surface area contributed by atoms with Gasteiger partial charge in [-0.1, -0.05) is 6.07 Å². The molecule has 28 heavy (non-hydrogen) atoms. The van der Waals surface area contributed by atoms with Gasteiger partial charge >= 0.3 is 0 Å². The molecule has 0 bridgehead atoms. The fraction of sp³-hybridized carbons (Fsp3) is 0.409. The highest BCUT2D eigenvalue weighted by atomic mass is 16.6. The molecule has 1 fully saturated rings. The Kier molecular flexibility index (Phi) is 4.47. The first kappa shape index (κ1) is 17.2. The second-order valence-corrected chi connectivity index (χ2v) is 7.35. The minimum Gasteiger partial charge on any atom is -0.490 e. The average Bonchev–Trinajstić information content (AvgIpc) is 3.58. The molecule has 0 atom stereocenters. The number of rotatable bonds is 4. The maximum absolute atomic E-state index is 13.3. The van der Waals surface area contributed by atoms with Crippen LogP contribution in [0.3, 0.4) is 0 Å². The number of hydrogen-bond acceptors (Lipinski definition) is 5. The number of nitrogens with zero attached hydrogens (tertiary/aromatic N) is 1. The van der Waals surface area contributed by atoms with E-state index in [0.29, 0.717) is 50.0 Å². The van der Waals surface area contributed by atoms with Crippen LogP contribution < -0.4 is 18.9 Å². The van der Waals surface area contributed by atoms with Gasteiger partial charge < -0.3 is 23.8 Å². The van der Waals surface area contributed by atoms with Crippen molar-refractivity contribution in [2.45, 2.75) is 31.8 Å². The predicted octanol–water partition coefficient (Wildman–Crippen LogP) is 3.42. The smallest absolute Gasteiger partial charge is 0.254 e. The van der Waals surface area contributed by atoms with Crippen LogP contribution in [0.5, 0.6) is 23.0 Å². The van der Waals surface area contributed by atoms with E-state index in [2.05, 4.69) is 0 Å². The molecular weight excluding hydrogens is 358 g/mol. The molecule has 2 aromatic carbocycles. The highest BCUT2D eigenvalue weighted by Crippen LogP contribution is 2.35. The van der Waals surface area contributed by atoms with E-state index in [4.69, 9.17) is 18.9 Å². The summed E-state index contributed by atoms with van der Waals surface area (Å²) in [7, 11) is 0.